The van der Waals surface area contributed by atoms with E-state index in [2.05, 4.69) is 51.2 Å². The highest BCUT2D eigenvalue weighted by Gasteiger charge is 2.27. The number of hydrogen-bond donors (Lipinski definition) is 0. The predicted octanol–water partition coefficient (Wildman–Crippen LogP) is 4.34. The van der Waals surface area contributed by atoms with Crippen molar-refractivity contribution < 1.29 is 0 Å². The Bertz CT molecular complexity index is 407. The van der Waals surface area contributed by atoms with Crippen LogP contribution in [-0.2, 0) is 0 Å². The summed E-state index contributed by atoms with van der Waals surface area (Å²) in [5, 5.41) is 0. The zero-order valence-corrected chi connectivity index (χ0v) is 13.1. The minimum absolute atomic E-state index is 0.486. The SMILES string of the molecule is C=Cc1cccc(C(C)C)n1.CN1CCCC1(C)C. The molecule has 2 heteroatoms. The van der Waals surface area contributed by atoms with Crippen LogP contribution in [0.1, 0.15) is 57.8 Å². The van der Waals surface area contributed by atoms with Crippen molar-refractivity contribution in [1.29, 1.82) is 0 Å². The number of likely N-dealkylation sites (tertiary alicyclic amines) is 1. The van der Waals surface area contributed by atoms with Crippen molar-refractivity contribution in [3.63, 3.8) is 0 Å². The molecule has 0 saturated carbocycles. The lowest BCUT2D eigenvalue weighted by atomic mass is 10.0. The molecule has 1 aliphatic rings. The second-order valence-corrected chi connectivity index (χ2v) is 6.18. The number of hydrogen-bond acceptors (Lipinski definition) is 2. The summed E-state index contributed by atoms with van der Waals surface area (Å²) in [4.78, 5) is 6.80. The summed E-state index contributed by atoms with van der Waals surface area (Å²) >= 11 is 0. The lowest BCUT2D eigenvalue weighted by Crippen LogP contribution is -2.34. The minimum Gasteiger partial charge on any atom is -0.301 e. The zero-order chi connectivity index (χ0) is 14.5. The molecule has 0 amide bonds. The molecule has 19 heavy (non-hydrogen) atoms. The van der Waals surface area contributed by atoms with Crippen LogP contribution in [0.3, 0.4) is 0 Å². The molecule has 0 unspecified atom stereocenters. The van der Waals surface area contributed by atoms with Crippen molar-refractivity contribution in [2.24, 2.45) is 0 Å². The van der Waals surface area contributed by atoms with Gasteiger partial charge in [-0.2, -0.15) is 0 Å². The number of aromatic nitrogens is 1. The predicted molar refractivity (Wildman–Crippen MR) is 84.4 cm³/mol. The smallest absolute Gasteiger partial charge is 0.0627 e. The summed E-state index contributed by atoms with van der Waals surface area (Å²) in [7, 11) is 2.20. The van der Waals surface area contributed by atoms with Gasteiger partial charge in [-0.15, -0.1) is 0 Å². The summed E-state index contributed by atoms with van der Waals surface area (Å²) in [5.74, 6) is 0.495. The highest BCUT2D eigenvalue weighted by Crippen LogP contribution is 2.25. The van der Waals surface area contributed by atoms with Gasteiger partial charge in [-0.3, -0.25) is 4.98 Å². The van der Waals surface area contributed by atoms with Gasteiger partial charge in [0.25, 0.3) is 0 Å². The molecule has 0 spiro atoms. The highest BCUT2D eigenvalue weighted by atomic mass is 15.2. The van der Waals surface area contributed by atoms with E-state index in [-0.39, 0.29) is 0 Å². The maximum atomic E-state index is 4.37. The lowest BCUT2D eigenvalue weighted by Gasteiger charge is -2.26. The van der Waals surface area contributed by atoms with Crippen molar-refractivity contribution in [1.82, 2.24) is 9.88 Å². The van der Waals surface area contributed by atoms with Crippen molar-refractivity contribution in [3.05, 3.63) is 36.2 Å². The quantitative estimate of drug-likeness (QED) is 0.786. The normalized spacial score (nSPS) is 18.0. The molecule has 0 atom stereocenters. The van der Waals surface area contributed by atoms with Crippen LogP contribution in [-0.4, -0.2) is 29.0 Å². The average molecular weight is 260 g/mol. The molecule has 0 bridgehead atoms. The molecule has 1 aliphatic heterocycles. The molecule has 106 valence electrons. The summed E-state index contributed by atoms with van der Waals surface area (Å²) in [6.45, 7) is 13.8. The third-order valence-electron chi connectivity index (χ3n) is 3.91. The Balaban J connectivity index is 0.000000200. The van der Waals surface area contributed by atoms with Crippen LogP contribution in [0.15, 0.2) is 24.8 Å². The molecule has 1 fully saturated rings. The van der Waals surface area contributed by atoms with Gasteiger partial charge in [0.05, 0.1) is 5.69 Å². The molecular weight excluding hydrogens is 232 g/mol. The van der Waals surface area contributed by atoms with Gasteiger partial charge >= 0.3 is 0 Å². The van der Waals surface area contributed by atoms with Crippen LogP contribution in [0.5, 0.6) is 0 Å². The molecule has 0 aliphatic carbocycles. The van der Waals surface area contributed by atoms with Crippen molar-refractivity contribution in [2.45, 2.75) is 52.0 Å². The summed E-state index contributed by atoms with van der Waals surface area (Å²) in [5.41, 5.74) is 2.57. The van der Waals surface area contributed by atoms with E-state index in [4.69, 9.17) is 0 Å². The Hall–Kier alpha value is -1.15. The zero-order valence-electron chi connectivity index (χ0n) is 13.1. The van der Waals surface area contributed by atoms with Gasteiger partial charge in [-0.05, 0) is 64.4 Å². The van der Waals surface area contributed by atoms with E-state index in [1.54, 1.807) is 6.08 Å². The van der Waals surface area contributed by atoms with Gasteiger partial charge in [0, 0.05) is 11.2 Å². The van der Waals surface area contributed by atoms with E-state index in [9.17, 15) is 0 Å². The lowest BCUT2D eigenvalue weighted by molar-refractivity contribution is 0.218. The molecule has 0 N–H and O–H groups in total. The van der Waals surface area contributed by atoms with E-state index in [1.165, 1.54) is 19.4 Å². The third-order valence-corrected chi connectivity index (χ3v) is 3.91. The van der Waals surface area contributed by atoms with Gasteiger partial charge in [0.15, 0.2) is 0 Å². The van der Waals surface area contributed by atoms with E-state index in [1.807, 2.05) is 18.2 Å². The van der Waals surface area contributed by atoms with Crippen LogP contribution >= 0.6 is 0 Å². The first kappa shape index (κ1) is 15.9. The van der Waals surface area contributed by atoms with Gasteiger partial charge in [0.2, 0.25) is 0 Å². The first-order valence-corrected chi connectivity index (χ1v) is 7.17. The Morgan fingerprint density at radius 1 is 1.37 bits per heavy atom. The van der Waals surface area contributed by atoms with Crippen LogP contribution in [0.2, 0.25) is 0 Å². The summed E-state index contributed by atoms with van der Waals surface area (Å²) in [6.07, 6.45) is 4.51. The molecule has 1 aromatic heterocycles. The number of pyridine rings is 1. The van der Waals surface area contributed by atoms with Gasteiger partial charge in [-0.25, -0.2) is 0 Å². The first-order chi connectivity index (χ1) is 8.86. The second kappa shape index (κ2) is 6.85. The molecule has 1 aromatic rings. The molecule has 0 aromatic carbocycles. The van der Waals surface area contributed by atoms with Gasteiger partial charge < -0.3 is 4.90 Å². The van der Waals surface area contributed by atoms with E-state index < -0.39 is 0 Å². The maximum absolute atomic E-state index is 4.37. The van der Waals surface area contributed by atoms with Crippen LogP contribution < -0.4 is 0 Å². The summed E-state index contributed by atoms with van der Waals surface area (Å²) < 4.78 is 0. The summed E-state index contributed by atoms with van der Waals surface area (Å²) in [6, 6.07) is 6.01. The third kappa shape index (κ3) is 4.79. The largest absolute Gasteiger partial charge is 0.301 e. The Labute approximate surface area is 118 Å². The van der Waals surface area contributed by atoms with E-state index in [0.717, 1.165) is 11.4 Å². The highest BCUT2D eigenvalue weighted by molar-refractivity contribution is 5.41. The number of rotatable bonds is 2. The van der Waals surface area contributed by atoms with Crippen molar-refractivity contribution in [2.75, 3.05) is 13.6 Å². The second-order valence-electron chi connectivity index (χ2n) is 6.18. The molecule has 2 heterocycles. The Morgan fingerprint density at radius 3 is 2.42 bits per heavy atom. The number of nitrogens with zero attached hydrogens (tertiary/aromatic N) is 2. The first-order valence-electron chi connectivity index (χ1n) is 7.17. The van der Waals surface area contributed by atoms with Gasteiger partial charge in [0.1, 0.15) is 0 Å². The minimum atomic E-state index is 0.486. The topological polar surface area (TPSA) is 16.1 Å². The van der Waals surface area contributed by atoms with Crippen LogP contribution in [0, 0.1) is 0 Å². The van der Waals surface area contributed by atoms with Crippen LogP contribution in [0.25, 0.3) is 6.08 Å². The molecule has 0 radical (unpaired) electrons. The Morgan fingerprint density at radius 2 is 2.05 bits per heavy atom. The van der Waals surface area contributed by atoms with E-state index >= 15 is 0 Å². The van der Waals surface area contributed by atoms with Crippen molar-refractivity contribution >= 4 is 6.08 Å². The van der Waals surface area contributed by atoms with E-state index in [0.29, 0.717) is 11.5 Å². The fraction of sp³-hybridized carbons (Fsp3) is 0.588. The van der Waals surface area contributed by atoms with Crippen LogP contribution in [0.4, 0.5) is 0 Å². The standard InChI is InChI=1S/C10H13N.C7H15N/c1-4-9-6-5-7-10(11-9)8(2)3;1-7(2)5-4-6-8(7)3/h4-8H,1H2,2-3H3;4-6H2,1-3H3. The molecular formula is C17H28N2. The fourth-order valence-electron chi connectivity index (χ4n) is 2.15. The molecule has 2 rings (SSSR count). The molecule has 2 nitrogen and oxygen atoms in total. The Kier molecular flexibility index (Phi) is 5.74. The maximum Gasteiger partial charge on any atom is 0.0627 e. The monoisotopic (exact) mass is 260 g/mol. The van der Waals surface area contributed by atoms with Gasteiger partial charge in [-0.1, -0.05) is 26.5 Å². The average Bonchev–Trinajstić information content (AvgIpc) is 2.68. The molecule has 1 saturated heterocycles. The van der Waals surface area contributed by atoms with Crippen molar-refractivity contribution in [3.8, 4) is 0 Å². The fourth-order valence-corrected chi connectivity index (χ4v) is 2.15.